The first-order valence-electron chi connectivity index (χ1n) is 8.69. The van der Waals surface area contributed by atoms with E-state index in [9.17, 15) is 9.90 Å². The lowest BCUT2D eigenvalue weighted by Gasteiger charge is -2.31. The summed E-state index contributed by atoms with van der Waals surface area (Å²) in [5.74, 6) is 0.666. The Morgan fingerprint density at radius 1 is 1.28 bits per heavy atom. The summed E-state index contributed by atoms with van der Waals surface area (Å²) in [6.45, 7) is 5.30. The summed E-state index contributed by atoms with van der Waals surface area (Å²) in [5.41, 5.74) is 0.112. The van der Waals surface area contributed by atoms with Crippen LogP contribution in [-0.4, -0.2) is 50.1 Å². The van der Waals surface area contributed by atoms with Crippen LogP contribution >= 0.6 is 0 Å². The number of benzene rings is 1. The zero-order valence-electron chi connectivity index (χ0n) is 15.5. The first-order chi connectivity index (χ1) is 11.9. The van der Waals surface area contributed by atoms with Crippen LogP contribution in [0.25, 0.3) is 0 Å². The van der Waals surface area contributed by atoms with Gasteiger partial charge in [-0.3, -0.25) is 0 Å². The van der Waals surface area contributed by atoms with E-state index in [0.717, 1.165) is 31.5 Å². The third kappa shape index (κ3) is 5.09. The average molecular weight is 351 g/mol. The molecular weight excluding hydrogens is 322 g/mol. The number of carbonyl (C=O) groups excluding carboxylic acids is 1. The minimum Gasteiger partial charge on any atom is -0.493 e. The van der Waals surface area contributed by atoms with Crippen molar-refractivity contribution in [2.45, 2.75) is 44.8 Å². The molecule has 1 saturated heterocycles. The van der Waals surface area contributed by atoms with E-state index in [1.165, 1.54) is 0 Å². The minimum absolute atomic E-state index is 0.0455. The number of methoxy groups -OCH3 is 2. The van der Waals surface area contributed by atoms with E-state index in [-0.39, 0.29) is 5.92 Å². The fraction of sp³-hybridized carbons (Fsp3) is 0.632. The molecule has 1 aromatic rings. The second-order valence-corrected chi connectivity index (χ2v) is 7.04. The summed E-state index contributed by atoms with van der Waals surface area (Å²) in [7, 11) is 3.17. The Morgan fingerprint density at radius 2 is 1.96 bits per heavy atom. The number of ether oxygens (including phenoxy) is 3. The van der Waals surface area contributed by atoms with Crippen molar-refractivity contribution in [3.63, 3.8) is 0 Å². The number of para-hydroxylation sites is 1. The lowest BCUT2D eigenvalue weighted by atomic mass is 9.92. The molecule has 140 valence electrons. The molecule has 0 radical (unpaired) electrons. The summed E-state index contributed by atoms with van der Waals surface area (Å²) in [4.78, 5) is 12.4. The highest BCUT2D eigenvalue weighted by Gasteiger charge is 2.33. The highest BCUT2D eigenvalue weighted by atomic mass is 16.6. The zero-order valence-corrected chi connectivity index (χ0v) is 15.5. The van der Waals surface area contributed by atoms with E-state index in [1.807, 2.05) is 32.0 Å². The van der Waals surface area contributed by atoms with Gasteiger partial charge in [-0.1, -0.05) is 12.1 Å². The summed E-state index contributed by atoms with van der Waals surface area (Å²) in [6, 6.07) is 5.61. The van der Waals surface area contributed by atoms with Crippen LogP contribution < -0.4 is 14.8 Å². The van der Waals surface area contributed by atoms with E-state index >= 15 is 0 Å². The van der Waals surface area contributed by atoms with Gasteiger partial charge in [-0.15, -0.1) is 0 Å². The molecule has 2 N–H and O–H groups in total. The van der Waals surface area contributed by atoms with Crippen molar-refractivity contribution in [2.24, 2.45) is 5.92 Å². The SMILES string of the molecule is COc1cccc(CC(C)(C)OC(=O)C(O)C2CCNCC2)c1OC. The number of hydrogen-bond donors (Lipinski definition) is 2. The molecule has 1 aromatic carbocycles. The standard InChI is InChI=1S/C19H29NO5/c1-19(2,12-14-6-5-7-15(23-3)17(14)24-4)25-18(22)16(21)13-8-10-20-11-9-13/h5-7,13,16,20-21H,8-12H2,1-4H3. The molecule has 1 aliphatic heterocycles. The molecule has 0 aliphatic carbocycles. The molecule has 6 nitrogen and oxygen atoms in total. The van der Waals surface area contributed by atoms with Gasteiger partial charge >= 0.3 is 5.97 Å². The Labute approximate surface area is 149 Å². The third-order valence-corrected chi connectivity index (χ3v) is 4.55. The van der Waals surface area contributed by atoms with Crippen molar-refractivity contribution in [1.29, 1.82) is 0 Å². The lowest BCUT2D eigenvalue weighted by Crippen LogP contribution is -2.42. The third-order valence-electron chi connectivity index (χ3n) is 4.55. The summed E-state index contributed by atoms with van der Waals surface area (Å²) in [5, 5.41) is 13.5. The maximum Gasteiger partial charge on any atom is 0.335 e. The van der Waals surface area contributed by atoms with Gasteiger partial charge in [-0.25, -0.2) is 4.79 Å². The van der Waals surface area contributed by atoms with Crippen LogP contribution in [0.15, 0.2) is 18.2 Å². The number of hydrogen-bond acceptors (Lipinski definition) is 6. The lowest BCUT2D eigenvalue weighted by molar-refractivity contribution is -0.170. The fourth-order valence-corrected chi connectivity index (χ4v) is 3.27. The van der Waals surface area contributed by atoms with Crippen LogP contribution in [0, 0.1) is 5.92 Å². The van der Waals surface area contributed by atoms with E-state index in [2.05, 4.69) is 5.32 Å². The van der Waals surface area contributed by atoms with Gasteiger partial charge in [0.2, 0.25) is 0 Å². The first kappa shape index (κ1) is 19.5. The van der Waals surface area contributed by atoms with Crippen LogP contribution in [0.5, 0.6) is 11.5 Å². The summed E-state index contributed by atoms with van der Waals surface area (Å²) >= 11 is 0. The zero-order chi connectivity index (χ0) is 18.4. The second-order valence-electron chi connectivity index (χ2n) is 7.04. The molecule has 0 amide bonds. The van der Waals surface area contributed by atoms with Crippen molar-refractivity contribution in [1.82, 2.24) is 5.32 Å². The van der Waals surface area contributed by atoms with Crippen LogP contribution in [0.1, 0.15) is 32.3 Å². The van der Waals surface area contributed by atoms with E-state index < -0.39 is 17.7 Å². The predicted octanol–water partition coefficient (Wildman–Crippen LogP) is 1.93. The van der Waals surface area contributed by atoms with Gasteiger partial charge < -0.3 is 24.6 Å². The monoisotopic (exact) mass is 351 g/mol. The Hall–Kier alpha value is -1.79. The highest BCUT2D eigenvalue weighted by molar-refractivity contribution is 5.75. The van der Waals surface area contributed by atoms with Gasteiger partial charge in [0.05, 0.1) is 14.2 Å². The maximum atomic E-state index is 12.4. The maximum absolute atomic E-state index is 12.4. The molecule has 1 fully saturated rings. The molecule has 6 heteroatoms. The van der Waals surface area contributed by atoms with Gasteiger partial charge in [0.25, 0.3) is 0 Å². The Bertz CT molecular complexity index is 581. The predicted molar refractivity (Wildman–Crippen MR) is 95.0 cm³/mol. The largest absolute Gasteiger partial charge is 0.493 e. The molecular formula is C19H29NO5. The minimum atomic E-state index is -1.08. The Balaban J connectivity index is 2.05. The number of rotatable bonds is 7. The van der Waals surface area contributed by atoms with Gasteiger partial charge in [-0.05, 0) is 51.8 Å². The van der Waals surface area contributed by atoms with Crippen LogP contribution in [0.4, 0.5) is 0 Å². The van der Waals surface area contributed by atoms with Crippen LogP contribution in [-0.2, 0) is 16.0 Å². The Morgan fingerprint density at radius 3 is 2.56 bits per heavy atom. The number of nitrogens with one attached hydrogen (secondary N) is 1. The molecule has 0 spiro atoms. The number of aliphatic hydroxyl groups excluding tert-OH is 1. The first-order valence-corrected chi connectivity index (χ1v) is 8.69. The second kappa shape index (κ2) is 8.54. The van der Waals surface area contributed by atoms with Crippen molar-refractivity contribution in [2.75, 3.05) is 27.3 Å². The highest BCUT2D eigenvalue weighted by Crippen LogP contribution is 2.34. The molecule has 2 rings (SSSR count). The fourth-order valence-electron chi connectivity index (χ4n) is 3.27. The summed E-state index contributed by atoms with van der Waals surface area (Å²) < 4.78 is 16.4. The van der Waals surface area contributed by atoms with Crippen molar-refractivity contribution >= 4 is 5.97 Å². The molecule has 1 unspecified atom stereocenters. The van der Waals surface area contributed by atoms with Gasteiger partial charge in [0.1, 0.15) is 5.60 Å². The number of aliphatic hydroxyl groups is 1. The van der Waals surface area contributed by atoms with Crippen molar-refractivity contribution in [3.8, 4) is 11.5 Å². The molecule has 1 atom stereocenters. The van der Waals surface area contributed by atoms with E-state index in [0.29, 0.717) is 17.9 Å². The molecule has 0 bridgehead atoms. The van der Waals surface area contributed by atoms with Crippen LogP contribution in [0.3, 0.4) is 0 Å². The molecule has 1 aliphatic rings. The summed E-state index contributed by atoms with van der Waals surface area (Å²) in [6.07, 6.45) is 0.937. The van der Waals surface area contributed by atoms with Crippen LogP contribution in [0.2, 0.25) is 0 Å². The van der Waals surface area contributed by atoms with Gasteiger partial charge in [-0.2, -0.15) is 0 Å². The molecule has 0 aromatic heterocycles. The van der Waals surface area contributed by atoms with Crippen molar-refractivity contribution < 1.29 is 24.1 Å². The Kier molecular flexibility index (Phi) is 6.67. The number of carbonyl (C=O) groups is 1. The van der Waals surface area contributed by atoms with Crippen molar-refractivity contribution in [3.05, 3.63) is 23.8 Å². The van der Waals surface area contributed by atoms with Gasteiger partial charge in [0, 0.05) is 12.0 Å². The van der Waals surface area contributed by atoms with E-state index in [1.54, 1.807) is 14.2 Å². The normalized spacial score (nSPS) is 17.0. The quantitative estimate of drug-likeness (QED) is 0.731. The number of piperidine rings is 1. The topological polar surface area (TPSA) is 77.0 Å². The molecule has 1 heterocycles. The molecule has 0 saturated carbocycles. The smallest absolute Gasteiger partial charge is 0.335 e. The van der Waals surface area contributed by atoms with Gasteiger partial charge in [0.15, 0.2) is 17.6 Å². The average Bonchev–Trinajstić information content (AvgIpc) is 2.60. The number of esters is 1. The molecule has 25 heavy (non-hydrogen) atoms. The van der Waals surface area contributed by atoms with E-state index in [4.69, 9.17) is 14.2 Å².